The normalized spacial score (nSPS) is 12.2. The quantitative estimate of drug-likeness (QED) is 0.247. The smallest absolute Gasteiger partial charge is 0.333 e. The largest absolute Gasteiger partial charge is 0.490 e. The number of benzene rings is 2. The van der Waals surface area contributed by atoms with Gasteiger partial charge < -0.3 is 19.4 Å². The summed E-state index contributed by atoms with van der Waals surface area (Å²) >= 11 is 0. The van der Waals surface area contributed by atoms with Gasteiger partial charge >= 0.3 is 5.97 Å². The number of rotatable bonds is 12. The number of pyridine rings is 1. The second-order valence-electron chi connectivity index (χ2n) is 7.28. The van der Waals surface area contributed by atoms with Crippen molar-refractivity contribution in [3.05, 3.63) is 84.1 Å². The summed E-state index contributed by atoms with van der Waals surface area (Å²) in [5.74, 6) is -0.286. The molecule has 0 spiro atoms. The molecule has 0 radical (unpaired) electrons. The highest BCUT2D eigenvalue weighted by molar-refractivity contribution is 5.98. The Morgan fingerprint density at radius 3 is 2.42 bits per heavy atom. The van der Waals surface area contributed by atoms with Crippen LogP contribution in [-0.2, 0) is 20.8 Å². The molecule has 1 N–H and O–H groups in total. The molecule has 1 unspecified atom stereocenters. The molecule has 3 aromatic rings. The predicted octanol–water partition coefficient (Wildman–Crippen LogP) is 4.60. The highest BCUT2D eigenvalue weighted by atomic mass is 16.6. The number of nitrogens with zero attached hydrogens (tertiary/aromatic N) is 2. The zero-order valence-electron chi connectivity index (χ0n) is 18.8. The van der Waals surface area contributed by atoms with E-state index in [-0.39, 0.29) is 0 Å². The Hall–Kier alpha value is -3.71. The molecular weight excluding hydrogens is 420 g/mol. The molecule has 0 aliphatic rings. The molecule has 0 bridgehead atoms. The fourth-order valence-corrected chi connectivity index (χ4v) is 3.16. The number of aromatic nitrogens is 1. The van der Waals surface area contributed by atoms with Crippen LogP contribution in [0.25, 0.3) is 11.3 Å². The zero-order chi connectivity index (χ0) is 23.5. The van der Waals surface area contributed by atoms with Gasteiger partial charge in [0, 0.05) is 24.8 Å². The van der Waals surface area contributed by atoms with Gasteiger partial charge in [0.15, 0.2) is 12.7 Å². The van der Waals surface area contributed by atoms with E-state index in [0.29, 0.717) is 32.0 Å². The molecule has 7 nitrogen and oxygen atoms in total. The van der Waals surface area contributed by atoms with Crippen LogP contribution in [0.3, 0.4) is 0 Å². The fourth-order valence-electron chi connectivity index (χ4n) is 3.16. The van der Waals surface area contributed by atoms with Crippen molar-refractivity contribution in [2.24, 2.45) is 5.16 Å². The highest BCUT2D eigenvalue weighted by Crippen LogP contribution is 2.17. The van der Waals surface area contributed by atoms with Crippen molar-refractivity contribution in [1.82, 2.24) is 4.98 Å². The summed E-state index contributed by atoms with van der Waals surface area (Å²) in [6.07, 6.45) is 1.24. The van der Waals surface area contributed by atoms with Gasteiger partial charge in [-0.1, -0.05) is 47.6 Å². The second kappa shape index (κ2) is 12.4. The maximum absolute atomic E-state index is 11.2. The first-order valence-corrected chi connectivity index (χ1v) is 10.8. The Kier molecular flexibility index (Phi) is 8.97. The molecule has 7 heteroatoms. The van der Waals surface area contributed by atoms with E-state index in [1.165, 1.54) is 0 Å². The third kappa shape index (κ3) is 7.43. The Morgan fingerprint density at radius 2 is 1.79 bits per heavy atom. The van der Waals surface area contributed by atoms with Crippen LogP contribution in [0.2, 0.25) is 0 Å². The van der Waals surface area contributed by atoms with Crippen LogP contribution in [0.1, 0.15) is 25.0 Å². The van der Waals surface area contributed by atoms with E-state index in [4.69, 9.17) is 14.3 Å². The van der Waals surface area contributed by atoms with Gasteiger partial charge in [0.1, 0.15) is 12.4 Å². The third-order valence-corrected chi connectivity index (χ3v) is 4.90. The van der Waals surface area contributed by atoms with Crippen LogP contribution in [0.4, 0.5) is 0 Å². The van der Waals surface area contributed by atoms with Crippen LogP contribution in [0, 0.1) is 0 Å². The Morgan fingerprint density at radius 1 is 1.03 bits per heavy atom. The first kappa shape index (κ1) is 23.9. The SMILES string of the molecule is CCOC(Cc1ccc(OCCON=C(C)c2ccc(-c3ccccn3)cc2)cc1)C(=O)O. The van der Waals surface area contributed by atoms with Gasteiger partial charge in [-0.15, -0.1) is 0 Å². The van der Waals surface area contributed by atoms with Crippen LogP contribution >= 0.6 is 0 Å². The maximum atomic E-state index is 11.2. The van der Waals surface area contributed by atoms with E-state index >= 15 is 0 Å². The molecule has 2 aromatic carbocycles. The lowest BCUT2D eigenvalue weighted by Crippen LogP contribution is -2.26. The number of carbonyl (C=O) groups is 1. The Labute approximate surface area is 193 Å². The lowest BCUT2D eigenvalue weighted by molar-refractivity contribution is -0.149. The van der Waals surface area contributed by atoms with E-state index in [0.717, 1.165) is 28.1 Å². The van der Waals surface area contributed by atoms with Gasteiger partial charge in [0.2, 0.25) is 0 Å². The molecule has 0 aliphatic carbocycles. The zero-order valence-corrected chi connectivity index (χ0v) is 18.8. The minimum absolute atomic E-state index is 0.302. The third-order valence-electron chi connectivity index (χ3n) is 4.90. The van der Waals surface area contributed by atoms with Crippen LogP contribution in [0.15, 0.2) is 78.1 Å². The van der Waals surface area contributed by atoms with Crippen molar-refractivity contribution in [3.63, 3.8) is 0 Å². The molecule has 0 aliphatic heterocycles. The molecule has 0 fully saturated rings. The lowest BCUT2D eigenvalue weighted by Gasteiger charge is -2.12. The number of hydrogen-bond acceptors (Lipinski definition) is 6. The summed E-state index contributed by atoms with van der Waals surface area (Å²) in [6, 6.07) is 21.1. The predicted molar refractivity (Wildman–Crippen MR) is 127 cm³/mol. The van der Waals surface area contributed by atoms with Crippen LogP contribution in [-0.4, -0.2) is 47.7 Å². The van der Waals surface area contributed by atoms with Gasteiger partial charge in [0.05, 0.1) is 11.4 Å². The summed E-state index contributed by atoms with van der Waals surface area (Å²) < 4.78 is 10.9. The van der Waals surface area contributed by atoms with E-state index < -0.39 is 12.1 Å². The van der Waals surface area contributed by atoms with E-state index in [1.807, 2.05) is 61.5 Å². The van der Waals surface area contributed by atoms with Gasteiger partial charge in [-0.3, -0.25) is 4.98 Å². The van der Waals surface area contributed by atoms with Gasteiger partial charge in [-0.05, 0) is 49.2 Å². The molecule has 0 amide bonds. The molecule has 0 saturated carbocycles. The topological polar surface area (TPSA) is 90.2 Å². The van der Waals surface area contributed by atoms with Crippen LogP contribution < -0.4 is 4.74 Å². The van der Waals surface area contributed by atoms with Gasteiger partial charge in [0.25, 0.3) is 0 Å². The number of hydrogen-bond donors (Lipinski definition) is 1. The average molecular weight is 449 g/mol. The van der Waals surface area contributed by atoms with Crippen LogP contribution in [0.5, 0.6) is 5.75 Å². The summed E-state index contributed by atoms with van der Waals surface area (Å²) in [7, 11) is 0. The van der Waals surface area contributed by atoms with E-state index in [9.17, 15) is 9.90 Å². The monoisotopic (exact) mass is 448 g/mol. The number of ether oxygens (including phenoxy) is 2. The van der Waals surface area contributed by atoms with Crippen molar-refractivity contribution in [2.45, 2.75) is 26.4 Å². The maximum Gasteiger partial charge on any atom is 0.333 e. The number of carboxylic acid groups (broad SMARTS) is 1. The lowest BCUT2D eigenvalue weighted by atomic mass is 10.1. The Bertz CT molecular complexity index is 1030. The highest BCUT2D eigenvalue weighted by Gasteiger charge is 2.17. The molecule has 3 rings (SSSR count). The minimum atomic E-state index is -0.964. The second-order valence-corrected chi connectivity index (χ2v) is 7.28. The first-order chi connectivity index (χ1) is 16.1. The molecule has 0 saturated heterocycles. The van der Waals surface area contributed by atoms with Crippen molar-refractivity contribution < 1.29 is 24.2 Å². The molecule has 172 valence electrons. The summed E-state index contributed by atoms with van der Waals surface area (Å²) in [5, 5.41) is 13.3. The Balaban J connectivity index is 1.42. The minimum Gasteiger partial charge on any atom is -0.490 e. The summed E-state index contributed by atoms with van der Waals surface area (Å²) in [6.45, 7) is 4.67. The van der Waals surface area contributed by atoms with E-state index in [1.54, 1.807) is 25.3 Å². The van der Waals surface area contributed by atoms with Gasteiger partial charge in [-0.25, -0.2) is 4.79 Å². The average Bonchev–Trinajstić information content (AvgIpc) is 2.85. The molecule has 1 atom stereocenters. The van der Waals surface area contributed by atoms with E-state index in [2.05, 4.69) is 10.1 Å². The van der Waals surface area contributed by atoms with Gasteiger partial charge in [-0.2, -0.15) is 0 Å². The number of carboxylic acids is 1. The molecule has 33 heavy (non-hydrogen) atoms. The first-order valence-electron chi connectivity index (χ1n) is 10.8. The van der Waals surface area contributed by atoms with Crippen molar-refractivity contribution in [1.29, 1.82) is 0 Å². The molecular formula is C26H28N2O5. The summed E-state index contributed by atoms with van der Waals surface area (Å²) in [4.78, 5) is 20.9. The standard InChI is InChI=1S/C26H28N2O5/c1-3-31-25(26(29)30)18-20-7-13-23(14-8-20)32-16-17-33-28-19(2)21-9-11-22(12-10-21)24-6-4-5-15-27-24/h4-15,25H,3,16-18H2,1-2H3,(H,29,30). The molecule has 1 aromatic heterocycles. The summed E-state index contributed by atoms with van der Waals surface area (Å²) in [5.41, 5.74) is 4.58. The number of aliphatic carboxylic acids is 1. The fraction of sp³-hybridized carbons (Fsp3) is 0.269. The van der Waals surface area contributed by atoms with Crippen molar-refractivity contribution in [2.75, 3.05) is 19.8 Å². The van der Waals surface area contributed by atoms with Crippen molar-refractivity contribution >= 4 is 11.7 Å². The number of oxime groups is 1. The van der Waals surface area contributed by atoms with Crippen molar-refractivity contribution in [3.8, 4) is 17.0 Å². The molecule has 1 heterocycles.